The summed E-state index contributed by atoms with van der Waals surface area (Å²) in [5.41, 5.74) is 5.40. The first-order valence-electron chi connectivity index (χ1n) is 3.47. The lowest BCUT2D eigenvalue weighted by molar-refractivity contribution is 0.930. The molecule has 1 heterocycles. The van der Waals surface area contributed by atoms with Crippen molar-refractivity contribution in [1.29, 1.82) is 5.26 Å². The maximum absolute atomic E-state index is 8.41. The van der Waals surface area contributed by atoms with Crippen LogP contribution in [0.25, 0.3) is 0 Å². The minimum absolute atomic E-state index is 0.0523. The number of nitrogen functional groups attached to an aromatic ring is 1. The molecule has 0 radical (unpaired) electrons. The first-order chi connectivity index (χ1) is 6.61. The fourth-order valence-corrected chi connectivity index (χ4v) is 1.12. The van der Waals surface area contributed by atoms with Gasteiger partial charge in [-0.3, -0.25) is 0 Å². The first kappa shape index (κ1) is 10.6. The van der Waals surface area contributed by atoms with Crippen molar-refractivity contribution in [3.05, 3.63) is 0 Å². The molecule has 0 amide bonds. The molecule has 0 bridgehead atoms. The van der Waals surface area contributed by atoms with Crippen LogP contribution in [0.2, 0.25) is 0 Å². The monoisotopic (exact) mass is 226 g/mol. The van der Waals surface area contributed by atoms with Crippen LogP contribution in [-0.4, -0.2) is 19.9 Å². The molecule has 0 atom stereocenters. The highest BCUT2D eigenvalue weighted by Crippen LogP contribution is 2.13. The Kier molecular flexibility index (Phi) is 3.55. The van der Waals surface area contributed by atoms with Crippen molar-refractivity contribution in [2.75, 3.05) is 11.1 Å². The molecule has 3 N–H and O–H groups in total. The van der Waals surface area contributed by atoms with Gasteiger partial charge in [0.2, 0.25) is 17.1 Å². The Morgan fingerprint density at radius 3 is 2.86 bits per heavy atom. The van der Waals surface area contributed by atoms with E-state index in [0.717, 1.165) is 11.8 Å². The maximum Gasteiger partial charge on any atom is 0.233 e. The highest BCUT2D eigenvalue weighted by Gasteiger charge is 2.04. The van der Waals surface area contributed by atoms with Gasteiger partial charge in [0.05, 0.1) is 4.99 Å². The maximum atomic E-state index is 8.41. The summed E-state index contributed by atoms with van der Waals surface area (Å²) >= 11 is 5.62. The van der Waals surface area contributed by atoms with E-state index in [2.05, 4.69) is 20.3 Å². The molecule has 8 heteroatoms. The van der Waals surface area contributed by atoms with Gasteiger partial charge in [0.15, 0.2) is 0 Å². The number of nitriles is 1. The van der Waals surface area contributed by atoms with Crippen molar-refractivity contribution in [2.45, 2.75) is 12.1 Å². The Morgan fingerprint density at radius 2 is 2.29 bits per heavy atom. The van der Waals surface area contributed by atoms with Gasteiger partial charge in [0.1, 0.15) is 5.40 Å². The summed E-state index contributed by atoms with van der Waals surface area (Å²) in [7, 11) is 0. The van der Waals surface area contributed by atoms with Gasteiger partial charge >= 0.3 is 0 Å². The molecular weight excluding hydrogens is 220 g/mol. The Hall–Kier alpha value is -1.46. The lowest BCUT2D eigenvalue weighted by atomic mass is 10.7. The Bertz CT molecular complexity index is 398. The Labute approximate surface area is 89.9 Å². The van der Waals surface area contributed by atoms with Crippen molar-refractivity contribution in [3.8, 4) is 5.40 Å². The zero-order valence-electron chi connectivity index (χ0n) is 7.18. The van der Waals surface area contributed by atoms with Gasteiger partial charge < -0.3 is 11.1 Å². The Morgan fingerprint density at radius 1 is 1.57 bits per heavy atom. The quantitative estimate of drug-likeness (QED) is 0.433. The second-order valence-electron chi connectivity index (χ2n) is 2.17. The smallest absolute Gasteiger partial charge is 0.233 e. The average molecular weight is 226 g/mol. The van der Waals surface area contributed by atoms with E-state index in [-0.39, 0.29) is 17.1 Å². The molecule has 0 spiro atoms. The summed E-state index contributed by atoms with van der Waals surface area (Å²) in [6.07, 6.45) is 0. The second kappa shape index (κ2) is 4.69. The second-order valence-corrected chi connectivity index (χ2v) is 3.54. The van der Waals surface area contributed by atoms with Crippen LogP contribution in [0, 0.1) is 10.7 Å². The van der Waals surface area contributed by atoms with E-state index < -0.39 is 0 Å². The summed E-state index contributed by atoms with van der Waals surface area (Å²) in [4.78, 5) is 12.0. The zero-order valence-corrected chi connectivity index (χ0v) is 8.82. The van der Waals surface area contributed by atoms with Crippen LogP contribution in [0.3, 0.4) is 0 Å². The summed E-state index contributed by atoms with van der Waals surface area (Å²) in [5.74, 6) is 0.305. The molecular formula is C6H6N6S2. The van der Waals surface area contributed by atoms with E-state index in [1.54, 1.807) is 6.92 Å². The molecule has 1 aromatic rings. The van der Waals surface area contributed by atoms with E-state index in [9.17, 15) is 0 Å². The van der Waals surface area contributed by atoms with Gasteiger partial charge in [-0.1, -0.05) is 12.2 Å². The molecule has 0 unspecified atom stereocenters. The van der Waals surface area contributed by atoms with E-state index >= 15 is 0 Å². The van der Waals surface area contributed by atoms with Crippen LogP contribution in [0.1, 0.15) is 6.92 Å². The summed E-state index contributed by atoms with van der Waals surface area (Å²) in [6, 6.07) is 0. The minimum Gasteiger partial charge on any atom is -0.368 e. The number of aromatic nitrogens is 3. The van der Waals surface area contributed by atoms with Crippen LogP contribution < -0.4 is 11.1 Å². The standard InChI is InChI=1S/C6H6N6S2/c1-3(13)9-5-10-4(8)11-6(12-5)14-2-7/h1H3,(H3,8,9,10,11,12,13). The number of thiocarbonyl (C=S) groups is 1. The third kappa shape index (κ3) is 3.12. The number of hydrogen-bond donors (Lipinski definition) is 2. The topological polar surface area (TPSA) is 101 Å². The number of nitrogens with one attached hydrogen (secondary N) is 1. The molecule has 0 fully saturated rings. The lowest BCUT2D eigenvalue weighted by Crippen LogP contribution is -2.10. The predicted molar refractivity (Wildman–Crippen MR) is 57.6 cm³/mol. The largest absolute Gasteiger partial charge is 0.368 e. The lowest BCUT2D eigenvalue weighted by Gasteiger charge is -2.02. The molecule has 0 saturated heterocycles. The number of thioether (sulfide) groups is 1. The molecule has 14 heavy (non-hydrogen) atoms. The third-order valence-electron chi connectivity index (χ3n) is 1.06. The SMILES string of the molecule is CC(=S)Nc1nc(N)nc(SC#N)n1. The molecule has 6 nitrogen and oxygen atoms in total. The van der Waals surface area contributed by atoms with Crippen molar-refractivity contribution < 1.29 is 0 Å². The van der Waals surface area contributed by atoms with Crippen molar-refractivity contribution in [3.63, 3.8) is 0 Å². The minimum atomic E-state index is 0.0523. The van der Waals surface area contributed by atoms with Crippen molar-refractivity contribution >= 4 is 40.9 Å². The van der Waals surface area contributed by atoms with Gasteiger partial charge in [-0.25, -0.2) is 0 Å². The molecule has 0 aromatic carbocycles. The molecule has 0 aliphatic heterocycles. The average Bonchev–Trinajstić information content (AvgIpc) is 2.01. The molecule has 1 aromatic heterocycles. The molecule has 72 valence electrons. The van der Waals surface area contributed by atoms with Gasteiger partial charge in [-0.05, 0) is 6.92 Å². The van der Waals surface area contributed by atoms with Crippen LogP contribution in [0.4, 0.5) is 11.9 Å². The summed E-state index contributed by atoms with van der Waals surface area (Å²) < 4.78 is 0. The number of rotatable bonds is 2. The normalized spacial score (nSPS) is 9.14. The number of hydrogen-bond acceptors (Lipinski definition) is 7. The zero-order chi connectivity index (χ0) is 10.6. The van der Waals surface area contributed by atoms with E-state index in [0.29, 0.717) is 4.99 Å². The third-order valence-corrected chi connectivity index (χ3v) is 1.62. The molecule has 0 aliphatic carbocycles. The molecule has 0 aliphatic rings. The number of thiocyanates is 1. The highest BCUT2D eigenvalue weighted by molar-refractivity contribution is 8.03. The molecule has 1 rings (SSSR count). The summed E-state index contributed by atoms with van der Waals surface area (Å²) in [6.45, 7) is 1.69. The number of anilines is 2. The highest BCUT2D eigenvalue weighted by atomic mass is 32.2. The number of nitrogens with two attached hydrogens (primary N) is 1. The van der Waals surface area contributed by atoms with E-state index in [1.807, 2.05) is 5.40 Å². The molecule has 0 saturated carbocycles. The van der Waals surface area contributed by atoms with Crippen molar-refractivity contribution in [2.24, 2.45) is 0 Å². The van der Waals surface area contributed by atoms with Crippen LogP contribution in [0.15, 0.2) is 5.16 Å². The van der Waals surface area contributed by atoms with Gasteiger partial charge in [-0.15, -0.1) is 0 Å². The van der Waals surface area contributed by atoms with Gasteiger partial charge in [0.25, 0.3) is 0 Å². The van der Waals surface area contributed by atoms with E-state index in [1.165, 1.54) is 0 Å². The van der Waals surface area contributed by atoms with Gasteiger partial charge in [0, 0.05) is 11.8 Å². The van der Waals surface area contributed by atoms with Crippen molar-refractivity contribution in [1.82, 2.24) is 15.0 Å². The van der Waals surface area contributed by atoms with Crippen LogP contribution in [0.5, 0.6) is 0 Å². The fraction of sp³-hybridized carbons (Fsp3) is 0.167. The van der Waals surface area contributed by atoms with E-state index in [4.69, 9.17) is 23.2 Å². The van der Waals surface area contributed by atoms with Crippen LogP contribution in [-0.2, 0) is 0 Å². The van der Waals surface area contributed by atoms with Gasteiger partial charge in [-0.2, -0.15) is 20.2 Å². The fourth-order valence-electron chi connectivity index (χ4n) is 0.672. The summed E-state index contributed by atoms with van der Waals surface area (Å²) in [5, 5.41) is 13.2. The first-order valence-corrected chi connectivity index (χ1v) is 4.69. The Balaban J connectivity index is 2.96. The predicted octanol–water partition coefficient (Wildman–Crippen LogP) is 0.786. The van der Waals surface area contributed by atoms with Crippen LogP contribution >= 0.6 is 24.0 Å². The number of nitrogens with zero attached hydrogens (tertiary/aromatic N) is 4.